The Bertz CT molecular complexity index is 914. The third-order valence-corrected chi connectivity index (χ3v) is 4.62. The molecule has 5 nitrogen and oxygen atoms in total. The summed E-state index contributed by atoms with van der Waals surface area (Å²) in [5.74, 6) is 0.164. The van der Waals surface area contributed by atoms with Crippen LogP contribution in [0.15, 0.2) is 54.6 Å². The summed E-state index contributed by atoms with van der Waals surface area (Å²) in [6, 6.07) is 16.7. The summed E-state index contributed by atoms with van der Waals surface area (Å²) >= 11 is 0. The maximum atomic E-state index is 12.9. The molecular formula is C20H19N3O2. The smallest absolute Gasteiger partial charge is 0.273 e. The minimum absolute atomic E-state index is 0.0377. The van der Waals surface area contributed by atoms with Gasteiger partial charge in [0.2, 0.25) is 0 Å². The van der Waals surface area contributed by atoms with E-state index < -0.39 is 0 Å². The zero-order valence-electron chi connectivity index (χ0n) is 14.1. The molecule has 0 fully saturated rings. The van der Waals surface area contributed by atoms with Gasteiger partial charge in [-0.25, -0.2) is 0 Å². The molecule has 0 radical (unpaired) electrons. The normalized spacial score (nSPS) is 16.5. The van der Waals surface area contributed by atoms with Gasteiger partial charge in [0.15, 0.2) is 0 Å². The molecule has 1 aromatic heterocycles. The topological polar surface area (TPSA) is 69.2 Å². The highest BCUT2D eigenvalue weighted by Crippen LogP contribution is 2.43. The van der Waals surface area contributed by atoms with Gasteiger partial charge in [0.25, 0.3) is 5.91 Å². The fourth-order valence-electron chi connectivity index (χ4n) is 3.50. The largest absolute Gasteiger partial charge is 0.508 e. The molecule has 2 aromatic carbocycles. The number of hydrogen-bond acceptors (Lipinski definition) is 3. The summed E-state index contributed by atoms with van der Waals surface area (Å²) in [5.41, 5.74) is 4.17. The Morgan fingerprint density at radius 2 is 1.76 bits per heavy atom. The molecular weight excluding hydrogens is 314 g/mol. The van der Waals surface area contributed by atoms with Crippen LogP contribution in [0.5, 0.6) is 5.75 Å². The third-order valence-electron chi connectivity index (χ3n) is 4.62. The van der Waals surface area contributed by atoms with Crippen molar-refractivity contribution in [3.05, 3.63) is 71.4 Å². The predicted molar refractivity (Wildman–Crippen MR) is 95.3 cm³/mol. The molecule has 4 rings (SSSR count). The number of benzene rings is 2. The first-order valence-corrected chi connectivity index (χ1v) is 8.33. The molecule has 1 unspecified atom stereocenters. The van der Waals surface area contributed by atoms with E-state index >= 15 is 0 Å². The number of aromatic nitrogens is 2. The highest BCUT2D eigenvalue weighted by Gasteiger charge is 2.43. The fourth-order valence-corrected chi connectivity index (χ4v) is 3.50. The van der Waals surface area contributed by atoms with Gasteiger partial charge in [0, 0.05) is 17.2 Å². The molecule has 0 aliphatic carbocycles. The van der Waals surface area contributed by atoms with Gasteiger partial charge in [-0.3, -0.25) is 9.89 Å². The lowest BCUT2D eigenvalue weighted by atomic mass is 9.95. The van der Waals surface area contributed by atoms with Crippen LogP contribution in [0.1, 0.15) is 41.5 Å². The van der Waals surface area contributed by atoms with Crippen LogP contribution in [0.25, 0.3) is 11.3 Å². The van der Waals surface area contributed by atoms with Crippen molar-refractivity contribution in [2.45, 2.75) is 25.9 Å². The summed E-state index contributed by atoms with van der Waals surface area (Å²) in [6.07, 6.45) is 0. The van der Waals surface area contributed by atoms with Crippen LogP contribution in [0, 0.1) is 0 Å². The van der Waals surface area contributed by atoms with Gasteiger partial charge in [0.1, 0.15) is 11.4 Å². The highest BCUT2D eigenvalue weighted by molar-refractivity contribution is 6.00. The van der Waals surface area contributed by atoms with E-state index in [1.807, 2.05) is 61.2 Å². The van der Waals surface area contributed by atoms with E-state index in [9.17, 15) is 9.90 Å². The van der Waals surface area contributed by atoms with Gasteiger partial charge >= 0.3 is 0 Å². The van der Waals surface area contributed by atoms with Crippen molar-refractivity contribution in [1.29, 1.82) is 0 Å². The van der Waals surface area contributed by atoms with Crippen molar-refractivity contribution < 1.29 is 9.90 Å². The van der Waals surface area contributed by atoms with Crippen LogP contribution in [0.3, 0.4) is 0 Å². The number of carbonyl (C=O) groups is 1. The van der Waals surface area contributed by atoms with Crippen molar-refractivity contribution in [3.63, 3.8) is 0 Å². The molecule has 5 heteroatoms. The lowest BCUT2D eigenvalue weighted by Crippen LogP contribution is -2.35. The van der Waals surface area contributed by atoms with E-state index in [2.05, 4.69) is 10.2 Å². The molecule has 25 heavy (non-hydrogen) atoms. The maximum Gasteiger partial charge on any atom is 0.273 e. The molecule has 2 heterocycles. The Hall–Kier alpha value is -3.08. The quantitative estimate of drug-likeness (QED) is 0.767. The van der Waals surface area contributed by atoms with Crippen molar-refractivity contribution >= 4 is 5.91 Å². The number of phenolic OH excluding ortho intramolecular Hbond substituents is 1. The zero-order chi connectivity index (χ0) is 17.6. The second kappa shape index (κ2) is 5.77. The molecule has 1 aliphatic rings. The predicted octanol–water partition coefficient (Wildman–Crippen LogP) is 3.74. The Balaban J connectivity index is 1.92. The lowest BCUT2D eigenvalue weighted by molar-refractivity contribution is 0.0688. The van der Waals surface area contributed by atoms with Gasteiger partial charge in [0.05, 0.1) is 11.7 Å². The molecule has 0 saturated heterocycles. The molecule has 0 spiro atoms. The average Bonchev–Trinajstić information content (AvgIpc) is 3.16. The molecule has 1 aliphatic heterocycles. The van der Waals surface area contributed by atoms with E-state index in [1.165, 1.54) is 0 Å². The number of aromatic amines is 1. The number of aromatic hydroxyl groups is 1. The van der Waals surface area contributed by atoms with Crippen LogP contribution in [0.2, 0.25) is 0 Å². The monoisotopic (exact) mass is 333 g/mol. The third kappa shape index (κ3) is 2.39. The number of nitrogens with one attached hydrogen (secondary N) is 1. The van der Waals surface area contributed by atoms with E-state index in [0.717, 1.165) is 22.4 Å². The van der Waals surface area contributed by atoms with Gasteiger partial charge in [-0.2, -0.15) is 5.10 Å². The zero-order valence-corrected chi connectivity index (χ0v) is 14.1. The van der Waals surface area contributed by atoms with Crippen molar-refractivity contribution in [2.24, 2.45) is 0 Å². The van der Waals surface area contributed by atoms with Crippen molar-refractivity contribution in [3.8, 4) is 17.0 Å². The SMILES string of the molecule is CC(C)N1C(=O)c2[nH]nc(-c3ccccc3)c2C1c1ccc(O)cc1. The number of amides is 1. The minimum atomic E-state index is -0.225. The van der Waals surface area contributed by atoms with Gasteiger partial charge < -0.3 is 10.0 Å². The number of H-pyrrole nitrogens is 1. The van der Waals surface area contributed by atoms with Crippen molar-refractivity contribution in [1.82, 2.24) is 15.1 Å². The summed E-state index contributed by atoms with van der Waals surface area (Å²) in [4.78, 5) is 14.8. The molecule has 0 bridgehead atoms. The number of carbonyl (C=O) groups excluding carboxylic acids is 1. The molecule has 1 amide bonds. The number of rotatable bonds is 3. The lowest BCUT2D eigenvalue weighted by Gasteiger charge is -2.29. The first-order chi connectivity index (χ1) is 12.1. The van der Waals surface area contributed by atoms with Crippen LogP contribution >= 0.6 is 0 Å². The summed E-state index contributed by atoms with van der Waals surface area (Å²) in [7, 11) is 0. The number of nitrogens with zero attached hydrogens (tertiary/aromatic N) is 2. The summed E-state index contributed by atoms with van der Waals surface area (Å²) in [5, 5.41) is 17.0. The van der Waals surface area contributed by atoms with Crippen LogP contribution in [-0.2, 0) is 0 Å². The first-order valence-electron chi connectivity index (χ1n) is 8.33. The van der Waals surface area contributed by atoms with E-state index in [-0.39, 0.29) is 23.7 Å². The first kappa shape index (κ1) is 15.4. The van der Waals surface area contributed by atoms with Gasteiger partial charge in [-0.15, -0.1) is 0 Å². The maximum absolute atomic E-state index is 12.9. The number of phenols is 1. The molecule has 3 aromatic rings. The van der Waals surface area contributed by atoms with Gasteiger partial charge in [-0.1, -0.05) is 42.5 Å². The molecule has 2 N–H and O–H groups in total. The number of hydrogen-bond donors (Lipinski definition) is 2. The Morgan fingerprint density at radius 1 is 1.08 bits per heavy atom. The number of fused-ring (bicyclic) bond motifs is 1. The van der Waals surface area contributed by atoms with Crippen LogP contribution < -0.4 is 0 Å². The van der Waals surface area contributed by atoms with Gasteiger partial charge in [-0.05, 0) is 31.5 Å². The van der Waals surface area contributed by atoms with Crippen LogP contribution in [-0.4, -0.2) is 32.2 Å². The summed E-state index contributed by atoms with van der Waals surface area (Å²) < 4.78 is 0. The second-order valence-electron chi connectivity index (χ2n) is 6.53. The Labute approximate surface area is 145 Å². The fraction of sp³-hybridized carbons (Fsp3) is 0.200. The average molecular weight is 333 g/mol. The van der Waals surface area contributed by atoms with Crippen molar-refractivity contribution in [2.75, 3.05) is 0 Å². The van der Waals surface area contributed by atoms with Crippen LogP contribution in [0.4, 0.5) is 0 Å². The molecule has 1 atom stereocenters. The Morgan fingerprint density at radius 3 is 2.40 bits per heavy atom. The van der Waals surface area contributed by atoms with E-state index in [0.29, 0.717) is 5.69 Å². The highest BCUT2D eigenvalue weighted by atomic mass is 16.3. The summed E-state index contributed by atoms with van der Waals surface area (Å²) in [6.45, 7) is 4.01. The molecule has 126 valence electrons. The van der Waals surface area contributed by atoms with E-state index in [4.69, 9.17) is 0 Å². The standard InChI is InChI=1S/C20H19N3O2/c1-12(2)23-19(14-8-10-15(24)11-9-14)16-17(13-6-4-3-5-7-13)21-22-18(16)20(23)25/h3-12,19,24H,1-2H3,(H,21,22). The second-order valence-corrected chi connectivity index (χ2v) is 6.53. The van der Waals surface area contributed by atoms with E-state index in [1.54, 1.807) is 12.1 Å². The Kier molecular flexibility index (Phi) is 3.57. The molecule has 0 saturated carbocycles. The minimum Gasteiger partial charge on any atom is -0.508 e.